The topological polar surface area (TPSA) is 78.3 Å². The summed E-state index contributed by atoms with van der Waals surface area (Å²) in [6, 6.07) is 14.6. The van der Waals surface area contributed by atoms with Gasteiger partial charge in [-0.15, -0.1) is 0 Å². The lowest BCUT2D eigenvalue weighted by atomic mass is 10.0. The van der Waals surface area contributed by atoms with Gasteiger partial charge in [0.25, 0.3) is 5.91 Å². The van der Waals surface area contributed by atoms with Crippen LogP contribution in [0, 0.1) is 0 Å². The minimum absolute atomic E-state index is 0.165. The van der Waals surface area contributed by atoms with Crippen LogP contribution >= 0.6 is 11.6 Å². The summed E-state index contributed by atoms with van der Waals surface area (Å²) in [6.45, 7) is 11.6. The van der Waals surface area contributed by atoms with Gasteiger partial charge in [-0.2, -0.15) is 0 Å². The second kappa shape index (κ2) is 12.1. The fourth-order valence-electron chi connectivity index (χ4n) is 6.38. The van der Waals surface area contributed by atoms with Crippen molar-refractivity contribution >= 4 is 33.8 Å². The Morgan fingerprint density at radius 1 is 1.02 bits per heavy atom. The number of ether oxygens (including phenoxy) is 1. The number of rotatable bonds is 8. The molecule has 2 aromatic carbocycles. The molecule has 2 unspecified atom stereocenters. The first-order valence-electron chi connectivity index (χ1n) is 14.6. The Balaban J connectivity index is 1.34. The Morgan fingerprint density at radius 2 is 1.76 bits per heavy atom. The predicted molar refractivity (Wildman–Crippen MR) is 163 cm³/mol. The molecule has 0 radical (unpaired) electrons. The van der Waals surface area contributed by atoms with Crippen molar-refractivity contribution in [3.63, 3.8) is 0 Å². The number of carbonyl (C=O) groups excluding carboxylic acids is 1. The van der Waals surface area contributed by atoms with Crippen LogP contribution in [0.3, 0.4) is 0 Å². The van der Waals surface area contributed by atoms with Gasteiger partial charge in [0.1, 0.15) is 5.56 Å². The number of pyridine rings is 1. The molecular formula is C32H38ClN5O3. The summed E-state index contributed by atoms with van der Waals surface area (Å²) < 4.78 is 7.60. The van der Waals surface area contributed by atoms with Gasteiger partial charge in [0.2, 0.25) is 5.43 Å². The largest absolute Gasteiger partial charge is 0.379 e. The van der Waals surface area contributed by atoms with Gasteiger partial charge < -0.3 is 19.8 Å². The first-order valence-corrected chi connectivity index (χ1v) is 15.0. The lowest BCUT2D eigenvalue weighted by Gasteiger charge is -2.36. The Kier molecular flexibility index (Phi) is 8.28. The molecule has 1 amide bonds. The first kappa shape index (κ1) is 28.1. The van der Waals surface area contributed by atoms with E-state index in [1.807, 2.05) is 18.2 Å². The van der Waals surface area contributed by atoms with E-state index < -0.39 is 0 Å². The normalized spacial score (nSPS) is 20.7. The number of aromatic nitrogens is 1. The lowest BCUT2D eigenvalue weighted by Crippen LogP contribution is -2.54. The number of hydrogen-bond donors (Lipinski definition) is 2. The minimum Gasteiger partial charge on any atom is -0.379 e. The molecule has 4 heterocycles. The standard InChI is InChI=1S/C32H38ClN5O3/c1-21-17-37(18-22(2)35-21)8-7-27-15-25-13-24(19-36-9-11-41-12-10-36)14-28-30(25)38(27)20-29(31(28)39)32(40)34-16-23-3-5-26(33)6-4-23/h3-6,13-15,20-22,35H,7-12,16-19H2,1-2H3,(H,34,40). The van der Waals surface area contributed by atoms with Gasteiger partial charge in [-0.25, -0.2) is 0 Å². The molecule has 2 aliphatic heterocycles. The number of morpholine rings is 1. The summed E-state index contributed by atoms with van der Waals surface area (Å²) in [7, 11) is 0. The summed E-state index contributed by atoms with van der Waals surface area (Å²) in [5, 5.41) is 8.83. The molecule has 0 spiro atoms. The molecule has 2 saturated heterocycles. The van der Waals surface area contributed by atoms with Crippen LogP contribution in [0.5, 0.6) is 0 Å². The highest BCUT2D eigenvalue weighted by Crippen LogP contribution is 2.27. The number of amides is 1. The van der Waals surface area contributed by atoms with Crippen molar-refractivity contribution in [1.82, 2.24) is 24.8 Å². The predicted octanol–water partition coefficient (Wildman–Crippen LogP) is 3.53. The van der Waals surface area contributed by atoms with Gasteiger partial charge in [0.15, 0.2) is 0 Å². The van der Waals surface area contributed by atoms with Crippen molar-refractivity contribution < 1.29 is 9.53 Å². The number of carbonyl (C=O) groups is 1. The number of hydrogen-bond acceptors (Lipinski definition) is 6. The van der Waals surface area contributed by atoms with Crippen molar-refractivity contribution in [3.05, 3.63) is 86.3 Å². The molecule has 8 nitrogen and oxygen atoms in total. The maximum absolute atomic E-state index is 13.8. The molecule has 9 heteroatoms. The van der Waals surface area contributed by atoms with Crippen LogP contribution in [0.4, 0.5) is 0 Å². The summed E-state index contributed by atoms with van der Waals surface area (Å²) in [4.78, 5) is 32.1. The summed E-state index contributed by atoms with van der Waals surface area (Å²) >= 11 is 6.01. The molecular weight excluding hydrogens is 538 g/mol. The second-order valence-corrected chi connectivity index (χ2v) is 12.1. The Morgan fingerprint density at radius 3 is 2.49 bits per heavy atom. The smallest absolute Gasteiger partial charge is 0.257 e. The lowest BCUT2D eigenvalue weighted by molar-refractivity contribution is 0.0342. The highest BCUT2D eigenvalue weighted by molar-refractivity contribution is 6.30. The second-order valence-electron chi connectivity index (χ2n) is 11.6. The zero-order chi connectivity index (χ0) is 28.5. The highest BCUT2D eigenvalue weighted by Gasteiger charge is 2.23. The zero-order valence-electron chi connectivity index (χ0n) is 23.8. The number of piperazine rings is 1. The maximum atomic E-state index is 13.8. The van der Waals surface area contributed by atoms with Gasteiger partial charge in [-0.1, -0.05) is 23.7 Å². The highest BCUT2D eigenvalue weighted by atomic mass is 35.5. The van der Waals surface area contributed by atoms with Gasteiger partial charge >= 0.3 is 0 Å². The van der Waals surface area contributed by atoms with E-state index in [-0.39, 0.29) is 16.9 Å². The molecule has 2 fully saturated rings. The van der Waals surface area contributed by atoms with E-state index in [2.05, 4.69) is 50.8 Å². The fraction of sp³-hybridized carbons (Fsp3) is 0.438. The monoisotopic (exact) mass is 575 g/mol. The first-order chi connectivity index (χ1) is 19.8. The molecule has 2 N–H and O–H groups in total. The van der Waals surface area contributed by atoms with Crippen molar-refractivity contribution in [1.29, 1.82) is 0 Å². The molecule has 0 aliphatic carbocycles. The third kappa shape index (κ3) is 6.27. The van der Waals surface area contributed by atoms with Crippen LogP contribution < -0.4 is 16.1 Å². The molecule has 216 valence electrons. The van der Waals surface area contributed by atoms with Crippen molar-refractivity contribution in [2.45, 2.75) is 45.4 Å². The van der Waals surface area contributed by atoms with E-state index in [0.29, 0.717) is 29.0 Å². The molecule has 6 rings (SSSR count). The van der Waals surface area contributed by atoms with Crippen LogP contribution in [0.25, 0.3) is 16.3 Å². The minimum atomic E-state index is -0.369. The Bertz CT molecular complexity index is 1570. The van der Waals surface area contributed by atoms with Gasteiger partial charge in [0, 0.05) is 92.0 Å². The third-order valence-electron chi connectivity index (χ3n) is 8.26. The zero-order valence-corrected chi connectivity index (χ0v) is 24.5. The van der Waals surface area contributed by atoms with E-state index >= 15 is 0 Å². The third-order valence-corrected chi connectivity index (χ3v) is 8.51. The fourth-order valence-corrected chi connectivity index (χ4v) is 6.51. The number of halogens is 1. The van der Waals surface area contributed by atoms with Crippen LogP contribution in [-0.4, -0.2) is 78.1 Å². The summed E-state index contributed by atoms with van der Waals surface area (Å²) in [5.74, 6) is -0.369. The summed E-state index contributed by atoms with van der Waals surface area (Å²) in [5.41, 5.74) is 3.95. The maximum Gasteiger partial charge on any atom is 0.257 e. The SMILES string of the molecule is CC1CN(CCc2cc3cc(CN4CCOCC4)cc4c(=O)c(C(=O)NCc5ccc(Cl)cc5)cn2c34)CC(C)N1. The Hall–Kier alpha value is -3.01. The quantitative estimate of drug-likeness (QED) is 0.335. The van der Waals surface area contributed by atoms with Gasteiger partial charge in [-0.3, -0.25) is 19.4 Å². The van der Waals surface area contributed by atoms with E-state index in [1.54, 1.807) is 18.3 Å². The number of nitrogens with zero attached hydrogens (tertiary/aromatic N) is 3. The molecule has 0 saturated carbocycles. The van der Waals surface area contributed by atoms with Crippen LogP contribution in [-0.2, 0) is 24.2 Å². The number of benzene rings is 2. The average Bonchev–Trinajstić information content (AvgIpc) is 3.30. The van der Waals surface area contributed by atoms with Gasteiger partial charge in [0.05, 0.1) is 18.7 Å². The molecule has 4 aromatic rings. The molecule has 2 atom stereocenters. The van der Waals surface area contributed by atoms with E-state index in [9.17, 15) is 9.59 Å². The average molecular weight is 576 g/mol. The molecule has 41 heavy (non-hydrogen) atoms. The summed E-state index contributed by atoms with van der Waals surface area (Å²) in [6.07, 6.45) is 2.57. The van der Waals surface area contributed by atoms with E-state index in [1.165, 1.54) is 0 Å². The van der Waals surface area contributed by atoms with Crippen molar-refractivity contribution in [3.8, 4) is 0 Å². The van der Waals surface area contributed by atoms with Crippen LogP contribution in [0.15, 0.2) is 53.5 Å². The van der Waals surface area contributed by atoms with Crippen molar-refractivity contribution in [2.75, 3.05) is 45.9 Å². The Labute approximate surface area is 245 Å². The molecule has 2 aromatic heterocycles. The van der Waals surface area contributed by atoms with Crippen molar-refractivity contribution in [2.24, 2.45) is 0 Å². The number of nitrogens with one attached hydrogen (secondary N) is 2. The van der Waals surface area contributed by atoms with Gasteiger partial charge in [-0.05, 0) is 55.3 Å². The molecule has 2 aliphatic rings. The van der Waals surface area contributed by atoms with Crippen LogP contribution in [0.2, 0.25) is 5.02 Å². The van der Waals surface area contributed by atoms with E-state index in [4.69, 9.17) is 16.3 Å². The van der Waals surface area contributed by atoms with Crippen LogP contribution in [0.1, 0.15) is 41.0 Å². The molecule has 0 bridgehead atoms. The van der Waals surface area contributed by atoms with E-state index in [0.717, 1.165) is 86.6 Å².